The van der Waals surface area contributed by atoms with Crippen LogP contribution in [0.15, 0.2) is 24.4 Å². The van der Waals surface area contributed by atoms with Gasteiger partial charge in [-0.3, -0.25) is 4.98 Å². The summed E-state index contributed by atoms with van der Waals surface area (Å²) in [4.78, 5) is 6.95. The largest absolute Gasteiger partial charge is 0.493 e. The molecule has 4 nitrogen and oxygen atoms in total. The molecule has 2 aromatic rings. The number of hydrogen-bond donors (Lipinski definition) is 0. The lowest BCUT2D eigenvalue weighted by molar-refractivity contribution is -0.139. The Morgan fingerprint density at radius 3 is 2.80 bits per heavy atom. The van der Waals surface area contributed by atoms with Gasteiger partial charge in [0.1, 0.15) is 5.75 Å². The van der Waals surface area contributed by atoms with E-state index in [1.54, 1.807) is 6.20 Å². The molecule has 134 valence electrons. The zero-order valence-corrected chi connectivity index (χ0v) is 15.5. The number of pyridine rings is 1. The van der Waals surface area contributed by atoms with Crippen molar-refractivity contribution in [1.29, 1.82) is 0 Å². The van der Waals surface area contributed by atoms with Gasteiger partial charge in [-0.1, -0.05) is 11.6 Å². The third-order valence-electron chi connectivity index (χ3n) is 5.59. The number of fused-ring (bicyclic) bond motifs is 1. The fourth-order valence-corrected chi connectivity index (χ4v) is 4.01. The van der Waals surface area contributed by atoms with Crippen LogP contribution in [0.25, 0.3) is 10.9 Å². The van der Waals surface area contributed by atoms with E-state index in [-0.39, 0.29) is 0 Å². The van der Waals surface area contributed by atoms with E-state index in [1.807, 2.05) is 12.1 Å². The molecule has 0 saturated carbocycles. The summed E-state index contributed by atoms with van der Waals surface area (Å²) in [6.07, 6.45) is 5.35. The van der Waals surface area contributed by atoms with Crippen LogP contribution in [-0.4, -0.2) is 49.3 Å². The van der Waals surface area contributed by atoms with Crippen molar-refractivity contribution in [3.05, 3.63) is 35.0 Å². The van der Waals surface area contributed by atoms with Gasteiger partial charge in [0.2, 0.25) is 0 Å². The van der Waals surface area contributed by atoms with E-state index in [1.165, 1.54) is 25.9 Å². The highest BCUT2D eigenvalue weighted by molar-refractivity contribution is 6.35. The normalized spacial score (nSPS) is 19.9. The molecule has 2 saturated heterocycles. The van der Waals surface area contributed by atoms with E-state index in [0.29, 0.717) is 5.41 Å². The second kappa shape index (κ2) is 7.10. The predicted molar refractivity (Wildman–Crippen MR) is 101 cm³/mol. The molecule has 1 aromatic heterocycles. The van der Waals surface area contributed by atoms with Crippen LogP contribution in [0.2, 0.25) is 5.02 Å². The number of hydrogen-bond acceptors (Lipinski definition) is 4. The van der Waals surface area contributed by atoms with Gasteiger partial charge in [-0.2, -0.15) is 0 Å². The van der Waals surface area contributed by atoms with Crippen molar-refractivity contribution < 1.29 is 9.47 Å². The van der Waals surface area contributed by atoms with Crippen LogP contribution in [0.1, 0.15) is 24.8 Å². The standard InChI is InChI=1S/C20H25ClN2O2/c1-15-11-16-17(21)3-6-22-18(16)12-19(15)25-10-2-7-23-8-4-20(5-9-23)13-24-14-20/h3,6,11-12H,2,4-5,7-10,13-14H2,1H3. The molecule has 2 aliphatic rings. The Morgan fingerprint density at radius 1 is 1.28 bits per heavy atom. The third kappa shape index (κ3) is 3.62. The van der Waals surface area contributed by atoms with Crippen LogP contribution in [-0.2, 0) is 4.74 Å². The monoisotopic (exact) mass is 360 g/mol. The fourth-order valence-electron chi connectivity index (χ4n) is 3.80. The predicted octanol–water partition coefficient (Wildman–Crippen LogP) is 4.08. The Labute approximate surface area is 154 Å². The van der Waals surface area contributed by atoms with Gasteiger partial charge in [-0.15, -0.1) is 0 Å². The molecule has 1 aromatic carbocycles. The van der Waals surface area contributed by atoms with Crippen LogP contribution >= 0.6 is 11.6 Å². The molecule has 0 unspecified atom stereocenters. The second-order valence-corrected chi connectivity index (χ2v) is 7.87. The summed E-state index contributed by atoms with van der Waals surface area (Å²) < 4.78 is 11.4. The molecule has 0 radical (unpaired) electrons. The topological polar surface area (TPSA) is 34.6 Å². The van der Waals surface area contributed by atoms with Crippen molar-refractivity contribution in [2.75, 3.05) is 39.5 Å². The van der Waals surface area contributed by atoms with Crippen molar-refractivity contribution in [1.82, 2.24) is 9.88 Å². The number of likely N-dealkylation sites (tertiary alicyclic amines) is 1. The number of rotatable bonds is 5. The van der Waals surface area contributed by atoms with Crippen molar-refractivity contribution in [2.45, 2.75) is 26.2 Å². The molecular formula is C20H25ClN2O2. The van der Waals surface area contributed by atoms with Crippen LogP contribution in [0.3, 0.4) is 0 Å². The minimum Gasteiger partial charge on any atom is -0.493 e. The van der Waals surface area contributed by atoms with Crippen molar-refractivity contribution in [3.8, 4) is 5.75 Å². The number of piperidine rings is 1. The lowest BCUT2D eigenvalue weighted by Gasteiger charge is -2.47. The summed E-state index contributed by atoms with van der Waals surface area (Å²) in [5.74, 6) is 0.909. The molecule has 25 heavy (non-hydrogen) atoms. The summed E-state index contributed by atoms with van der Waals surface area (Å²) in [6.45, 7) is 8.24. The number of ether oxygens (including phenoxy) is 2. The molecule has 0 bridgehead atoms. The molecule has 0 amide bonds. The van der Waals surface area contributed by atoms with Gasteiger partial charge >= 0.3 is 0 Å². The van der Waals surface area contributed by atoms with Gasteiger partial charge in [0.05, 0.1) is 30.4 Å². The highest BCUT2D eigenvalue weighted by atomic mass is 35.5. The summed E-state index contributed by atoms with van der Waals surface area (Å²) in [7, 11) is 0. The average Bonchev–Trinajstić information content (AvgIpc) is 2.59. The number of halogens is 1. The smallest absolute Gasteiger partial charge is 0.124 e. The molecule has 2 aliphatic heterocycles. The van der Waals surface area contributed by atoms with E-state index in [9.17, 15) is 0 Å². The van der Waals surface area contributed by atoms with Gasteiger partial charge < -0.3 is 14.4 Å². The SMILES string of the molecule is Cc1cc2c(Cl)ccnc2cc1OCCCN1CCC2(CC1)COC2. The molecule has 0 aliphatic carbocycles. The number of benzene rings is 1. The summed E-state index contributed by atoms with van der Waals surface area (Å²) >= 11 is 6.23. The van der Waals surface area contributed by atoms with Crippen molar-refractivity contribution >= 4 is 22.5 Å². The van der Waals surface area contributed by atoms with E-state index >= 15 is 0 Å². The Balaban J connectivity index is 1.27. The molecule has 1 spiro atoms. The quantitative estimate of drug-likeness (QED) is 0.752. The number of aromatic nitrogens is 1. The van der Waals surface area contributed by atoms with E-state index in [2.05, 4.69) is 22.9 Å². The van der Waals surface area contributed by atoms with Gasteiger partial charge in [0.25, 0.3) is 0 Å². The first-order valence-corrected chi connectivity index (χ1v) is 9.51. The number of nitrogens with zero attached hydrogens (tertiary/aromatic N) is 2. The Hall–Kier alpha value is -1.36. The highest BCUT2D eigenvalue weighted by Crippen LogP contribution is 2.38. The molecule has 2 fully saturated rings. The average molecular weight is 361 g/mol. The minimum atomic E-state index is 0.517. The second-order valence-electron chi connectivity index (χ2n) is 7.46. The molecule has 5 heteroatoms. The third-order valence-corrected chi connectivity index (χ3v) is 5.92. The number of aryl methyl sites for hydroxylation is 1. The van der Waals surface area contributed by atoms with E-state index < -0.39 is 0 Å². The Morgan fingerprint density at radius 2 is 2.08 bits per heavy atom. The zero-order valence-electron chi connectivity index (χ0n) is 14.8. The van der Waals surface area contributed by atoms with E-state index in [4.69, 9.17) is 21.1 Å². The molecule has 0 atom stereocenters. The maximum atomic E-state index is 6.23. The van der Waals surface area contributed by atoms with Gasteiger partial charge in [-0.25, -0.2) is 0 Å². The maximum Gasteiger partial charge on any atom is 0.124 e. The summed E-state index contributed by atoms with van der Waals surface area (Å²) in [5.41, 5.74) is 2.51. The summed E-state index contributed by atoms with van der Waals surface area (Å²) in [6, 6.07) is 5.88. The first-order valence-electron chi connectivity index (χ1n) is 9.13. The molecule has 0 N–H and O–H groups in total. The van der Waals surface area contributed by atoms with Crippen LogP contribution in [0, 0.1) is 12.3 Å². The van der Waals surface area contributed by atoms with Crippen LogP contribution < -0.4 is 4.74 Å². The van der Waals surface area contributed by atoms with E-state index in [0.717, 1.165) is 60.0 Å². The van der Waals surface area contributed by atoms with Gasteiger partial charge in [-0.05, 0) is 57.0 Å². The van der Waals surface area contributed by atoms with Crippen molar-refractivity contribution in [2.24, 2.45) is 5.41 Å². The van der Waals surface area contributed by atoms with Gasteiger partial charge in [0, 0.05) is 29.6 Å². The molecule has 4 rings (SSSR count). The fraction of sp³-hybridized carbons (Fsp3) is 0.550. The summed E-state index contributed by atoms with van der Waals surface area (Å²) in [5, 5.41) is 1.72. The zero-order chi connectivity index (χ0) is 17.3. The maximum absolute atomic E-state index is 6.23. The Kier molecular flexibility index (Phi) is 4.85. The van der Waals surface area contributed by atoms with Gasteiger partial charge in [0.15, 0.2) is 0 Å². The molecular weight excluding hydrogens is 336 g/mol. The highest BCUT2D eigenvalue weighted by Gasteiger charge is 2.40. The van der Waals surface area contributed by atoms with Crippen LogP contribution in [0.4, 0.5) is 0 Å². The minimum absolute atomic E-state index is 0.517. The first-order chi connectivity index (χ1) is 12.2. The van der Waals surface area contributed by atoms with Crippen molar-refractivity contribution in [3.63, 3.8) is 0 Å². The lowest BCUT2D eigenvalue weighted by atomic mass is 9.77. The Bertz CT molecular complexity index is 751. The first kappa shape index (κ1) is 17.1. The van der Waals surface area contributed by atoms with Crippen LogP contribution in [0.5, 0.6) is 5.75 Å². The molecule has 3 heterocycles. The lowest BCUT2D eigenvalue weighted by Crippen LogP contribution is -2.51.